The van der Waals surface area contributed by atoms with Gasteiger partial charge in [-0.1, -0.05) is 29.8 Å². The maximum absolute atomic E-state index is 12.7. The van der Waals surface area contributed by atoms with Crippen LogP contribution in [-0.4, -0.2) is 48.6 Å². The van der Waals surface area contributed by atoms with E-state index in [0.717, 1.165) is 12.3 Å². The number of rotatable bonds is 4. The minimum absolute atomic E-state index is 0.0583. The minimum atomic E-state index is -4.49. The summed E-state index contributed by atoms with van der Waals surface area (Å²) in [5.74, 6) is 0.757. The number of halogens is 4. The molecule has 0 unspecified atom stereocenters. The number of carbonyl (C=O) groups is 1. The Morgan fingerprint density at radius 2 is 1.81 bits per heavy atom. The summed E-state index contributed by atoms with van der Waals surface area (Å²) in [6.45, 7) is 1.61. The van der Waals surface area contributed by atoms with Gasteiger partial charge in [-0.05, 0) is 18.2 Å². The van der Waals surface area contributed by atoms with E-state index in [4.69, 9.17) is 16.3 Å². The van der Waals surface area contributed by atoms with Gasteiger partial charge in [-0.2, -0.15) is 13.2 Å². The molecule has 0 saturated carbocycles. The van der Waals surface area contributed by atoms with E-state index in [0.29, 0.717) is 31.9 Å². The Morgan fingerprint density at radius 1 is 1.15 bits per heavy atom. The molecule has 1 aliphatic rings. The third-order valence-electron chi connectivity index (χ3n) is 4.19. The van der Waals surface area contributed by atoms with E-state index < -0.39 is 11.7 Å². The van der Waals surface area contributed by atoms with Gasteiger partial charge in [0.1, 0.15) is 11.6 Å². The van der Waals surface area contributed by atoms with Crippen molar-refractivity contribution in [3.8, 4) is 5.75 Å². The van der Waals surface area contributed by atoms with Gasteiger partial charge in [0.2, 0.25) is 0 Å². The largest absolute Gasteiger partial charge is 0.484 e. The number of alkyl halides is 3. The monoisotopic (exact) mass is 399 g/mol. The lowest BCUT2D eigenvalue weighted by Crippen LogP contribution is -2.50. The summed E-state index contributed by atoms with van der Waals surface area (Å²) >= 11 is 5.98. The number of amides is 1. The van der Waals surface area contributed by atoms with Crippen LogP contribution in [0.25, 0.3) is 0 Å². The van der Waals surface area contributed by atoms with Crippen LogP contribution in [-0.2, 0) is 11.0 Å². The summed E-state index contributed by atoms with van der Waals surface area (Å²) in [6, 6.07) is 9.90. The number of hydrogen-bond acceptors (Lipinski definition) is 4. The molecule has 1 aliphatic heterocycles. The first kappa shape index (κ1) is 19.3. The van der Waals surface area contributed by atoms with Crippen LogP contribution in [0, 0.1) is 0 Å². The highest BCUT2D eigenvalue weighted by Gasteiger charge is 2.32. The Morgan fingerprint density at radius 3 is 2.41 bits per heavy atom. The van der Waals surface area contributed by atoms with Gasteiger partial charge in [-0.25, -0.2) is 4.98 Å². The van der Waals surface area contributed by atoms with Crippen LogP contribution in [0.4, 0.5) is 19.0 Å². The van der Waals surface area contributed by atoms with E-state index in [1.165, 1.54) is 0 Å². The van der Waals surface area contributed by atoms with E-state index in [-0.39, 0.29) is 23.4 Å². The number of piperazine rings is 1. The Balaban J connectivity index is 1.55. The maximum Gasteiger partial charge on any atom is 0.417 e. The summed E-state index contributed by atoms with van der Waals surface area (Å²) in [4.78, 5) is 19.5. The SMILES string of the molecule is O=C(COc1ccccc1)N1CCN(c2ncc(C(F)(F)F)cc2Cl)CC1. The first-order valence-electron chi connectivity index (χ1n) is 8.28. The second-order valence-electron chi connectivity index (χ2n) is 6.00. The van der Waals surface area contributed by atoms with Crippen LogP contribution in [0.1, 0.15) is 5.56 Å². The molecule has 5 nitrogen and oxygen atoms in total. The topological polar surface area (TPSA) is 45.7 Å². The molecule has 1 aromatic heterocycles. The third kappa shape index (κ3) is 4.82. The average Bonchev–Trinajstić information content (AvgIpc) is 2.66. The molecule has 27 heavy (non-hydrogen) atoms. The summed E-state index contributed by atoms with van der Waals surface area (Å²) in [5.41, 5.74) is -0.886. The smallest absolute Gasteiger partial charge is 0.417 e. The van der Waals surface area contributed by atoms with Crippen molar-refractivity contribution in [3.63, 3.8) is 0 Å². The lowest BCUT2D eigenvalue weighted by molar-refractivity contribution is -0.138. The van der Waals surface area contributed by atoms with Gasteiger partial charge < -0.3 is 14.5 Å². The van der Waals surface area contributed by atoms with Crippen molar-refractivity contribution in [1.29, 1.82) is 0 Å². The molecule has 1 aromatic carbocycles. The Labute approximate surface area is 159 Å². The molecule has 0 N–H and O–H groups in total. The normalized spacial score (nSPS) is 15.0. The molecule has 0 bridgehead atoms. The van der Waals surface area contributed by atoms with E-state index in [9.17, 15) is 18.0 Å². The molecular formula is C18H17ClF3N3O2. The molecule has 0 atom stereocenters. The highest BCUT2D eigenvalue weighted by atomic mass is 35.5. The van der Waals surface area contributed by atoms with Crippen molar-refractivity contribution in [2.24, 2.45) is 0 Å². The molecule has 0 radical (unpaired) electrons. The second kappa shape index (κ2) is 8.04. The molecule has 3 rings (SSSR count). The van der Waals surface area contributed by atoms with Gasteiger partial charge in [0.05, 0.1) is 10.6 Å². The van der Waals surface area contributed by atoms with Crippen molar-refractivity contribution in [2.75, 3.05) is 37.7 Å². The fourth-order valence-corrected chi connectivity index (χ4v) is 3.03. The molecule has 0 aliphatic carbocycles. The third-order valence-corrected chi connectivity index (χ3v) is 4.46. The molecule has 1 fully saturated rings. The Hall–Kier alpha value is -2.48. The van der Waals surface area contributed by atoms with Crippen LogP contribution in [0.2, 0.25) is 5.02 Å². The number of carbonyl (C=O) groups excluding carboxylic acids is 1. The lowest BCUT2D eigenvalue weighted by atomic mass is 10.2. The zero-order valence-electron chi connectivity index (χ0n) is 14.2. The van der Waals surface area contributed by atoms with Crippen molar-refractivity contribution < 1.29 is 22.7 Å². The number of ether oxygens (including phenoxy) is 1. The molecule has 1 amide bonds. The van der Waals surface area contributed by atoms with Crippen LogP contribution < -0.4 is 9.64 Å². The molecule has 144 valence electrons. The van der Waals surface area contributed by atoms with E-state index >= 15 is 0 Å². The maximum atomic E-state index is 12.7. The Bertz CT molecular complexity index is 794. The summed E-state index contributed by atoms with van der Waals surface area (Å²) < 4.78 is 43.6. The van der Waals surface area contributed by atoms with Crippen LogP contribution in [0.15, 0.2) is 42.6 Å². The zero-order valence-corrected chi connectivity index (χ0v) is 15.0. The van der Waals surface area contributed by atoms with Crippen LogP contribution >= 0.6 is 11.6 Å². The van der Waals surface area contributed by atoms with Crippen molar-refractivity contribution in [3.05, 3.63) is 53.2 Å². The highest BCUT2D eigenvalue weighted by molar-refractivity contribution is 6.33. The first-order valence-corrected chi connectivity index (χ1v) is 8.66. The molecule has 0 spiro atoms. The lowest BCUT2D eigenvalue weighted by Gasteiger charge is -2.35. The van der Waals surface area contributed by atoms with Gasteiger partial charge >= 0.3 is 6.18 Å². The van der Waals surface area contributed by atoms with Crippen molar-refractivity contribution in [1.82, 2.24) is 9.88 Å². The number of pyridine rings is 1. The van der Waals surface area contributed by atoms with Crippen LogP contribution in [0.3, 0.4) is 0 Å². The van der Waals surface area contributed by atoms with E-state index in [1.807, 2.05) is 18.2 Å². The minimum Gasteiger partial charge on any atom is -0.484 e. The van der Waals surface area contributed by atoms with Crippen LogP contribution in [0.5, 0.6) is 5.75 Å². The molecular weight excluding hydrogens is 383 g/mol. The van der Waals surface area contributed by atoms with Crippen molar-refractivity contribution in [2.45, 2.75) is 6.18 Å². The van der Waals surface area contributed by atoms with Crippen molar-refractivity contribution >= 4 is 23.3 Å². The molecule has 9 heteroatoms. The first-order chi connectivity index (χ1) is 12.8. The van der Waals surface area contributed by atoms with Gasteiger partial charge in [0.15, 0.2) is 6.61 Å². The quantitative estimate of drug-likeness (QED) is 0.789. The Kier molecular flexibility index (Phi) is 5.74. The van der Waals surface area contributed by atoms with Gasteiger partial charge in [0, 0.05) is 32.4 Å². The van der Waals surface area contributed by atoms with Gasteiger partial charge in [0.25, 0.3) is 5.91 Å². The fraction of sp³-hybridized carbons (Fsp3) is 0.333. The number of hydrogen-bond donors (Lipinski definition) is 0. The highest BCUT2D eigenvalue weighted by Crippen LogP contribution is 2.33. The predicted molar refractivity (Wildman–Crippen MR) is 95.0 cm³/mol. The van der Waals surface area contributed by atoms with E-state index in [2.05, 4.69) is 4.98 Å². The molecule has 1 saturated heterocycles. The average molecular weight is 400 g/mol. The number of para-hydroxylation sites is 1. The van der Waals surface area contributed by atoms with Gasteiger partial charge in [-0.3, -0.25) is 4.79 Å². The second-order valence-corrected chi connectivity index (χ2v) is 6.40. The summed E-state index contributed by atoms with van der Waals surface area (Å²) in [7, 11) is 0. The standard InChI is InChI=1S/C18H17ClF3N3O2/c19-15-10-13(18(20,21)22)11-23-17(15)25-8-6-24(7-9-25)16(26)12-27-14-4-2-1-3-5-14/h1-5,10-11H,6-9,12H2. The van der Waals surface area contributed by atoms with E-state index in [1.54, 1.807) is 21.9 Å². The fourth-order valence-electron chi connectivity index (χ4n) is 2.74. The predicted octanol–water partition coefficient (Wildman–Crippen LogP) is 3.48. The number of anilines is 1. The molecule has 2 heterocycles. The summed E-state index contributed by atoms with van der Waals surface area (Å²) in [5, 5.41) is -0.0583. The number of benzene rings is 1. The zero-order chi connectivity index (χ0) is 19.4. The van der Waals surface area contributed by atoms with Gasteiger partial charge in [-0.15, -0.1) is 0 Å². The number of aromatic nitrogens is 1. The number of nitrogens with zero attached hydrogens (tertiary/aromatic N) is 3. The summed E-state index contributed by atoms with van der Waals surface area (Å²) in [6.07, 6.45) is -3.72. The molecule has 2 aromatic rings.